The summed E-state index contributed by atoms with van der Waals surface area (Å²) >= 11 is 0. The molecule has 1 fully saturated rings. The lowest BCUT2D eigenvalue weighted by atomic mass is 10.1. The molecule has 3 rings (SSSR count). The van der Waals surface area contributed by atoms with Crippen LogP contribution in [0.4, 0.5) is 0 Å². The van der Waals surface area contributed by atoms with Crippen molar-refractivity contribution < 1.29 is 4.79 Å². The minimum absolute atomic E-state index is 0.0885. The van der Waals surface area contributed by atoms with E-state index in [1.54, 1.807) is 6.33 Å². The lowest BCUT2D eigenvalue weighted by Crippen LogP contribution is -2.29. The number of fused-ring (bicyclic) bond motifs is 1. The van der Waals surface area contributed by atoms with Gasteiger partial charge in [0.05, 0.1) is 17.4 Å². The molecule has 18 heavy (non-hydrogen) atoms. The van der Waals surface area contributed by atoms with E-state index in [1.807, 2.05) is 30.1 Å². The number of hydrogen-bond donors (Lipinski definition) is 1. The Kier molecular flexibility index (Phi) is 2.58. The Balaban J connectivity index is 1.77. The van der Waals surface area contributed by atoms with Crippen LogP contribution < -0.4 is 0 Å². The number of hydrogen-bond acceptors (Lipinski definition) is 2. The Morgan fingerprint density at radius 2 is 2.33 bits per heavy atom. The summed E-state index contributed by atoms with van der Waals surface area (Å²) in [7, 11) is 1.88. The van der Waals surface area contributed by atoms with E-state index in [0.717, 1.165) is 29.1 Å². The number of imidazole rings is 1. The number of aromatic amines is 1. The zero-order valence-corrected chi connectivity index (χ0v) is 10.7. The highest BCUT2D eigenvalue weighted by Gasteiger charge is 2.34. The molecule has 0 saturated heterocycles. The van der Waals surface area contributed by atoms with E-state index < -0.39 is 0 Å². The Morgan fingerprint density at radius 3 is 3.06 bits per heavy atom. The molecule has 0 bridgehead atoms. The molecule has 2 unspecified atom stereocenters. The fourth-order valence-electron chi connectivity index (χ4n) is 2.38. The van der Waals surface area contributed by atoms with E-state index in [-0.39, 0.29) is 5.91 Å². The van der Waals surface area contributed by atoms with Crippen molar-refractivity contribution in [3.05, 3.63) is 30.1 Å². The number of carbonyl (C=O) groups excluding carboxylic acids is 1. The zero-order valence-electron chi connectivity index (χ0n) is 10.7. The van der Waals surface area contributed by atoms with E-state index in [2.05, 4.69) is 16.9 Å². The molecule has 1 aromatic heterocycles. The Morgan fingerprint density at radius 1 is 1.56 bits per heavy atom. The van der Waals surface area contributed by atoms with Gasteiger partial charge in [0, 0.05) is 19.2 Å². The number of benzene rings is 1. The van der Waals surface area contributed by atoms with Crippen molar-refractivity contribution in [1.82, 2.24) is 14.9 Å². The first-order chi connectivity index (χ1) is 8.65. The number of rotatable bonds is 3. The van der Waals surface area contributed by atoms with E-state index in [9.17, 15) is 4.79 Å². The van der Waals surface area contributed by atoms with Crippen molar-refractivity contribution in [2.24, 2.45) is 11.8 Å². The van der Waals surface area contributed by atoms with E-state index in [1.165, 1.54) is 6.42 Å². The third kappa shape index (κ3) is 1.98. The van der Waals surface area contributed by atoms with E-state index in [4.69, 9.17) is 0 Å². The highest BCUT2D eigenvalue weighted by Crippen LogP contribution is 2.38. The van der Waals surface area contributed by atoms with Gasteiger partial charge in [0.1, 0.15) is 0 Å². The van der Waals surface area contributed by atoms with Gasteiger partial charge in [-0.25, -0.2) is 4.98 Å². The molecule has 1 saturated carbocycles. The molecule has 0 spiro atoms. The van der Waals surface area contributed by atoms with Gasteiger partial charge < -0.3 is 9.88 Å². The summed E-state index contributed by atoms with van der Waals surface area (Å²) in [6.45, 7) is 3.10. The molecular formula is C14H17N3O. The van der Waals surface area contributed by atoms with Crippen LogP contribution in [0.2, 0.25) is 0 Å². The molecular weight excluding hydrogens is 226 g/mol. The standard InChI is InChI=1S/C14H17N3O/c1-9-5-11(9)7-17(2)14(18)10-3-4-12-13(6-10)16-8-15-12/h3-4,6,8-9,11H,5,7H2,1-2H3,(H,15,16). The Labute approximate surface area is 106 Å². The second-order valence-corrected chi connectivity index (χ2v) is 5.29. The monoisotopic (exact) mass is 243 g/mol. The van der Waals surface area contributed by atoms with Crippen LogP contribution in [0, 0.1) is 11.8 Å². The molecule has 4 heteroatoms. The Hall–Kier alpha value is -1.84. The smallest absolute Gasteiger partial charge is 0.253 e. The first-order valence-electron chi connectivity index (χ1n) is 6.34. The molecule has 2 aromatic rings. The molecule has 0 aliphatic heterocycles. The highest BCUT2D eigenvalue weighted by molar-refractivity contribution is 5.97. The van der Waals surface area contributed by atoms with E-state index in [0.29, 0.717) is 5.92 Å². The average Bonchev–Trinajstić information content (AvgIpc) is 2.89. The van der Waals surface area contributed by atoms with Gasteiger partial charge >= 0.3 is 0 Å². The summed E-state index contributed by atoms with van der Waals surface area (Å²) < 4.78 is 0. The van der Waals surface area contributed by atoms with Gasteiger partial charge in [0.25, 0.3) is 5.91 Å². The lowest BCUT2D eigenvalue weighted by Gasteiger charge is -2.17. The number of nitrogens with zero attached hydrogens (tertiary/aromatic N) is 2. The van der Waals surface area contributed by atoms with Crippen LogP contribution in [0.25, 0.3) is 11.0 Å². The summed E-state index contributed by atoms with van der Waals surface area (Å²) in [6.07, 6.45) is 2.89. The van der Waals surface area contributed by atoms with Gasteiger partial charge in [-0.15, -0.1) is 0 Å². The molecule has 1 amide bonds. The predicted octanol–water partition coefficient (Wildman–Crippen LogP) is 2.29. The Bertz CT molecular complexity index is 589. The minimum atomic E-state index is 0.0885. The second kappa shape index (κ2) is 4.12. The van der Waals surface area contributed by atoms with Gasteiger partial charge in [-0.3, -0.25) is 4.79 Å². The zero-order chi connectivity index (χ0) is 12.7. The normalized spacial score (nSPS) is 22.1. The maximum absolute atomic E-state index is 12.3. The second-order valence-electron chi connectivity index (χ2n) is 5.29. The van der Waals surface area contributed by atoms with Crippen molar-refractivity contribution >= 4 is 16.9 Å². The van der Waals surface area contributed by atoms with Crippen molar-refractivity contribution in [2.45, 2.75) is 13.3 Å². The van der Waals surface area contributed by atoms with Gasteiger partial charge in [0.2, 0.25) is 0 Å². The van der Waals surface area contributed by atoms with Crippen LogP contribution in [0.3, 0.4) is 0 Å². The summed E-state index contributed by atoms with van der Waals surface area (Å²) in [5, 5.41) is 0. The number of H-pyrrole nitrogens is 1. The van der Waals surface area contributed by atoms with Crippen molar-refractivity contribution in [2.75, 3.05) is 13.6 Å². The van der Waals surface area contributed by atoms with Gasteiger partial charge in [-0.2, -0.15) is 0 Å². The molecule has 2 atom stereocenters. The SMILES string of the molecule is CC1CC1CN(C)C(=O)c1ccc2nc[nH]c2c1. The average molecular weight is 243 g/mol. The van der Waals surface area contributed by atoms with Gasteiger partial charge in [-0.1, -0.05) is 6.92 Å². The van der Waals surface area contributed by atoms with Crippen molar-refractivity contribution in [3.8, 4) is 0 Å². The maximum Gasteiger partial charge on any atom is 0.253 e. The first kappa shape index (κ1) is 11.3. The van der Waals surface area contributed by atoms with Crippen LogP contribution in [-0.2, 0) is 0 Å². The summed E-state index contributed by atoms with van der Waals surface area (Å²) in [5.74, 6) is 1.55. The summed E-state index contributed by atoms with van der Waals surface area (Å²) in [4.78, 5) is 21.3. The molecule has 1 aromatic carbocycles. The highest BCUT2D eigenvalue weighted by atomic mass is 16.2. The molecule has 1 heterocycles. The third-order valence-electron chi connectivity index (χ3n) is 3.80. The van der Waals surface area contributed by atoms with Crippen LogP contribution in [0.5, 0.6) is 0 Å². The van der Waals surface area contributed by atoms with E-state index >= 15 is 0 Å². The number of carbonyl (C=O) groups is 1. The quantitative estimate of drug-likeness (QED) is 0.899. The van der Waals surface area contributed by atoms with Gasteiger partial charge in [-0.05, 0) is 36.5 Å². The predicted molar refractivity (Wildman–Crippen MR) is 70.3 cm³/mol. The van der Waals surface area contributed by atoms with Crippen molar-refractivity contribution in [1.29, 1.82) is 0 Å². The number of aromatic nitrogens is 2. The molecule has 94 valence electrons. The van der Waals surface area contributed by atoms with Crippen LogP contribution in [0.1, 0.15) is 23.7 Å². The fraction of sp³-hybridized carbons (Fsp3) is 0.429. The van der Waals surface area contributed by atoms with Gasteiger partial charge in [0.15, 0.2) is 0 Å². The maximum atomic E-state index is 12.3. The third-order valence-corrected chi connectivity index (χ3v) is 3.80. The van der Waals surface area contributed by atoms with Crippen LogP contribution >= 0.6 is 0 Å². The van der Waals surface area contributed by atoms with Crippen LogP contribution in [0.15, 0.2) is 24.5 Å². The van der Waals surface area contributed by atoms with Crippen molar-refractivity contribution in [3.63, 3.8) is 0 Å². The molecule has 0 radical (unpaired) electrons. The molecule has 1 aliphatic rings. The largest absolute Gasteiger partial charge is 0.345 e. The lowest BCUT2D eigenvalue weighted by molar-refractivity contribution is 0.0787. The first-order valence-corrected chi connectivity index (χ1v) is 6.34. The number of amides is 1. The molecule has 1 N–H and O–H groups in total. The molecule has 1 aliphatic carbocycles. The molecule has 4 nitrogen and oxygen atoms in total. The number of nitrogens with one attached hydrogen (secondary N) is 1. The summed E-state index contributed by atoms with van der Waals surface area (Å²) in [6, 6.07) is 5.60. The minimum Gasteiger partial charge on any atom is -0.345 e. The fourth-order valence-corrected chi connectivity index (χ4v) is 2.38. The summed E-state index contributed by atoms with van der Waals surface area (Å²) in [5.41, 5.74) is 2.53. The van der Waals surface area contributed by atoms with Crippen LogP contribution in [-0.4, -0.2) is 34.4 Å². The topological polar surface area (TPSA) is 49.0 Å².